The van der Waals surface area contributed by atoms with Gasteiger partial charge >= 0.3 is 5.97 Å². The molecule has 1 aromatic rings. The van der Waals surface area contributed by atoms with E-state index in [9.17, 15) is 14.4 Å². The van der Waals surface area contributed by atoms with E-state index in [4.69, 9.17) is 14.6 Å². The first-order valence-corrected chi connectivity index (χ1v) is 7.47. The van der Waals surface area contributed by atoms with Crippen LogP contribution in [0.15, 0.2) is 23.1 Å². The molecule has 1 aliphatic rings. The number of methoxy groups -OCH3 is 2. The number of hydrogen-bond donors (Lipinski definition) is 1. The van der Waals surface area contributed by atoms with Crippen molar-refractivity contribution in [2.24, 2.45) is 0 Å². The van der Waals surface area contributed by atoms with Gasteiger partial charge in [-0.3, -0.25) is 19.3 Å². The van der Waals surface area contributed by atoms with Gasteiger partial charge in [0.15, 0.2) is 0 Å². The molecule has 1 heterocycles. The SMILES string of the molecule is COc1ccc(OC)c(/C=C2\SC(=O)N(CCC(=O)O)C2=O)c1. The van der Waals surface area contributed by atoms with Crippen LogP contribution in [0.1, 0.15) is 12.0 Å². The zero-order valence-corrected chi connectivity index (χ0v) is 13.4. The molecule has 0 unspecified atom stereocenters. The van der Waals surface area contributed by atoms with Gasteiger partial charge in [0.1, 0.15) is 11.5 Å². The van der Waals surface area contributed by atoms with Crippen LogP contribution < -0.4 is 9.47 Å². The normalized spacial score (nSPS) is 16.1. The van der Waals surface area contributed by atoms with Gasteiger partial charge in [-0.05, 0) is 36.0 Å². The van der Waals surface area contributed by atoms with E-state index in [0.717, 1.165) is 16.7 Å². The highest BCUT2D eigenvalue weighted by Crippen LogP contribution is 2.35. The fraction of sp³-hybridized carbons (Fsp3) is 0.267. The fourth-order valence-electron chi connectivity index (χ4n) is 1.99. The molecule has 7 nitrogen and oxygen atoms in total. The molecule has 2 amide bonds. The van der Waals surface area contributed by atoms with Gasteiger partial charge in [-0.2, -0.15) is 0 Å². The highest BCUT2D eigenvalue weighted by molar-refractivity contribution is 8.18. The van der Waals surface area contributed by atoms with Gasteiger partial charge in [0, 0.05) is 12.1 Å². The highest BCUT2D eigenvalue weighted by atomic mass is 32.2. The predicted octanol–water partition coefficient (Wildman–Crippen LogP) is 2.21. The average Bonchev–Trinajstić information content (AvgIpc) is 2.79. The lowest BCUT2D eigenvalue weighted by Crippen LogP contribution is -2.30. The first-order valence-electron chi connectivity index (χ1n) is 6.65. The molecule has 0 aliphatic carbocycles. The van der Waals surface area contributed by atoms with Crippen molar-refractivity contribution < 1.29 is 29.0 Å². The van der Waals surface area contributed by atoms with Crippen molar-refractivity contribution in [3.63, 3.8) is 0 Å². The molecule has 0 spiro atoms. The molecule has 0 saturated carbocycles. The maximum atomic E-state index is 12.2. The van der Waals surface area contributed by atoms with Crippen LogP contribution in [0, 0.1) is 0 Å². The molecule has 0 radical (unpaired) electrons. The van der Waals surface area contributed by atoms with Crippen LogP contribution in [0.2, 0.25) is 0 Å². The lowest BCUT2D eigenvalue weighted by Gasteiger charge is -2.10. The Balaban J connectivity index is 2.28. The minimum atomic E-state index is -1.07. The number of carbonyl (C=O) groups excluding carboxylic acids is 2. The van der Waals surface area contributed by atoms with E-state index in [1.165, 1.54) is 20.3 Å². The molecule has 0 atom stereocenters. The van der Waals surface area contributed by atoms with Gasteiger partial charge in [0.05, 0.1) is 25.5 Å². The number of nitrogens with zero attached hydrogens (tertiary/aromatic N) is 1. The minimum absolute atomic E-state index is 0.146. The minimum Gasteiger partial charge on any atom is -0.497 e. The van der Waals surface area contributed by atoms with E-state index < -0.39 is 17.1 Å². The van der Waals surface area contributed by atoms with Crippen LogP contribution in [0.4, 0.5) is 4.79 Å². The first-order chi connectivity index (χ1) is 11.0. The summed E-state index contributed by atoms with van der Waals surface area (Å²) in [4.78, 5) is 35.8. The van der Waals surface area contributed by atoms with Crippen molar-refractivity contribution in [3.8, 4) is 11.5 Å². The van der Waals surface area contributed by atoms with Gasteiger partial charge in [-0.15, -0.1) is 0 Å². The van der Waals surface area contributed by atoms with Crippen LogP contribution in [0.25, 0.3) is 6.08 Å². The summed E-state index contributed by atoms with van der Waals surface area (Å²) in [5.74, 6) is -0.459. The fourth-order valence-corrected chi connectivity index (χ4v) is 2.85. The Bertz CT molecular complexity index is 685. The lowest BCUT2D eigenvalue weighted by molar-refractivity contribution is -0.137. The molecule has 8 heteroatoms. The number of aliphatic carboxylic acids is 1. The number of rotatable bonds is 6. The van der Waals surface area contributed by atoms with E-state index in [2.05, 4.69) is 0 Å². The summed E-state index contributed by atoms with van der Waals surface area (Å²) in [6.45, 7) is -0.146. The van der Waals surface area contributed by atoms with E-state index in [-0.39, 0.29) is 17.9 Å². The monoisotopic (exact) mass is 337 g/mol. The van der Waals surface area contributed by atoms with Crippen molar-refractivity contribution in [3.05, 3.63) is 28.7 Å². The van der Waals surface area contributed by atoms with Crippen LogP contribution in [-0.2, 0) is 9.59 Å². The van der Waals surface area contributed by atoms with Crippen molar-refractivity contribution in [2.75, 3.05) is 20.8 Å². The van der Waals surface area contributed by atoms with E-state index in [0.29, 0.717) is 17.1 Å². The number of thioether (sulfide) groups is 1. The topological polar surface area (TPSA) is 93.1 Å². The maximum absolute atomic E-state index is 12.2. The third-order valence-electron chi connectivity index (χ3n) is 3.15. The smallest absolute Gasteiger partial charge is 0.305 e. The lowest BCUT2D eigenvalue weighted by atomic mass is 10.1. The first kappa shape index (κ1) is 16.9. The standard InChI is InChI=1S/C15H15NO6S/c1-21-10-3-4-11(22-2)9(7-10)8-12-14(19)16(15(20)23-12)6-5-13(17)18/h3-4,7-8H,5-6H2,1-2H3,(H,17,18)/b12-8-. The molecule has 23 heavy (non-hydrogen) atoms. The number of carboxylic acid groups (broad SMARTS) is 1. The second-order valence-electron chi connectivity index (χ2n) is 4.58. The molecule has 1 N–H and O–H groups in total. The summed E-state index contributed by atoms with van der Waals surface area (Å²) in [6, 6.07) is 5.10. The van der Waals surface area contributed by atoms with Crippen LogP contribution in [-0.4, -0.2) is 47.9 Å². The predicted molar refractivity (Wildman–Crippen MR) is 84.5 cm³/mol. The van der Waals surface area contributed by atoms with E-state index in [1.807, 2.05) is 0 Å². The van der Waals surface area contributed by atoms with Crippen molar-refractivity contribution in [2.45, 2.75) is 6.42 Å². The van der Waals surface area contributed by atoms with Crippen LogP contribution >= 0.6 is 11.8 Å². The van der Waals surface area contributed by atoms with E-state index in [1.54, 1.807) is 18.2 Å². The number of hydrogen-bond acceptors (Lipinski definition) is 6. The molecular formula is C15H15NO6S. The second-order valence-corrected chi connectivity index (χ2v) is 5.58. The molecule has 122 valence electrons. The quantitative estimate of drug-likeness (QED) is 0.795. The zero-order valence-electron chi connectivity index (χ0n) is 12.6. The Morgan fingerprint density at radius 2 is 2.04 bits per heavy atom. The highest BCUT2D eigenvalue weighted by Gasteiger charge is 2.35. The number of carbonyl (C=O) groups is 3. The Hall–Kier alpha value is -2.48. The van der Waals surface area contributed by atoms with Gasteiger partial charge < -0.3 is 14.6 Å². The number of benzene rings is 1. The Kier molecular flexibility index (Phi) is 5.28. The Labute approximate surface area is 136 Å². The van der Waals surface area contributed by atoms with Gasteiger partial charge in [0.2, 0.25) is 0 Å². The Morgan fingerprint density at radius 1 is 1.30 bits per heavy atom. The molecular weight excluding hydrogens is 322 g/mol. The number of ether oxygens (including phenoxy) is 2. The second kappa shape index (κ2) is 7.19. The summed E-state index contributed by atoms with van der Waals surface area (Å²) in [7, 11) is 3.02. The summed E-state index contributed by atoms with van der Waals surface area (Å²) in [5, 5.41) is 8.19. The summed E-state index contributed by atoms with van der Waals surface area (Å²) >= 11 is 0.770. The summed E-state index contributed by atoms with van der Waals surface area (Å²) < 4.78 is 10.4. The van der Waals surface area contributed by atoms with E-state index >= 15 is 0 Å². The third kappa shape index (κ3) is 3.84. The van der Waals surface area contributed by atoms with Gasteiger partial charge in [0.25, 0.3) is 11.1 Å². The summed E-state index contributed by atoms with van der Waals surface area (Å²) in [5.41, 5.74) is 0.593. The van der Waals surface area contributed by atoms with Crippen molar-refractivity contribution in [1.29, 1.82) is 0 Å². The van der Waals surface area contributed by atoms with Crippen molar-refractivity contribution >= 4 is 35.0 Å². The molecule has 1 aliphatic heterocycles. The van der Waals surface area contributed by atoms with Crippen LogP contribution in [0.3, 0.4) is 0 Å². The Morgan fingerprint density at radius 3 is 2.65 bits per heavy atom. The molecule has 1 saturated heterocycles. The number of carboxylic acids is 1. The summed E-state index contributed by atoms with van der Waals surface area (Å²) in [6.07, 6.45) is 1.25. The molecule has 0 aromatic heterocycles. The molecule has 0 bridgehead atoms. The molecule has 1 fully saturated rings. The van der Waals surface area contributed by atoms with Gasteiger partial charge in [-0.25, -0.2) is 0 Å². The van der Waals surface area contributed by atoms with Crippen molar-refractivity contribution in [1.82, 2.24) is 4.90 Å². The molecule has 1 aromatic carbocycles. The maximum Gasteiger partial charge on any atom is 0.305 e. The van der Waals surface area contributed by atoms with Crippen LogP contribution in [0.5, 0.6) is 11.5 Å². The average molecular weight is 337 g/mol. The number of amides is 2. The largest absolute Gasteiger partial charge is 0.497 e. The zero-order chi connectivity index (χ0) is 17.0. The number of imide groups is 1. The molecule has 2 rings (SSSR count). The van der Waals surface area contributed by atoms with Gasteiger partial charge in [-0.1, -0.05) is 0 Å². The third-order valence-corrected chi connectivity index (χ3v) is 4.05.